The van der Waals surface area contributed by atoms with Crippen molar-refractivity contribution < 1.29 is 22.6 Å². The first-order valence-electron chi connectivity index (χ1n) is 15.5. The molecule has 10 nitrogen and oxygen atoms in total. The lowest BCUT2D eigenvalue weighted by Gasteiger charge is -2.46. The monoisotopic (exact) mass is 623 g/mol. The molecular formula is C32H36F3N7O3. The fourth-order valence-electron chi connectivity index (χ4n) is 7.23. The molecule has 2 saturated heterocycles. The minimum atomic E-state index is -4.69. The van der Waals surface area contributed by atoms with Gasteiger partial charge >= 0.3 is 6.18 Å². The number of halogens is 3. The summed E-state index contributed by atoms with van der Waals surface area (Å²) in [4.78, 5) is 25.1. The molecule has 6 heterocycles. The molecule has 2 aliphatic heterocycles. The van der Waals surface area contributed by atoms with Gasteiger partial charge in [-0.15, -0.1) is 10.2 Å². The first kappa shape index (κ1) is 29.8. The van der Waals surface area contributed by atoms with Gasteiger partial charge in [0.1, 0.15) is 18.3 Å². The predicted molar refractivity (Wildman–Crippen MR) is 159 cm³/mol. The average Bonchev–Trinajstić information content (AvgIpc) is 3.38. The predicted octanol–water partition coefficient (Wildman–Crippen LogP) is 4.63. The lowest BCUT2D eigenvalue weighted by atomic mass is 9.58. The molecule has 1 aliphatic carbocycles. The van der Waals surface area contributed by atoms with Crippen molar-refractivity contribution in [3.8, 4) is 17.1 Å². The van der Waals surface area contributed by atoms with E-state index in [0.717, 1.165) is 60.6 Å². The number of alkyl halides is 3. The second-order valence-electron chi connectivity index (χ2n) is 13.1. The van der Waals surface area contributed by atoms with Gasteiger partial charge in [-0.3, -0.25) is 14.1 Å². The molecule has 1 atom stereocenters. The van der Waals surface area contributed by atoms with Crippen LogP contribution in [0.25, 0.3) is 16.9 Å². The highest BCUT2D eigenvalue weighted by Crippen LogP contribution is 2.52. The molecule has 13 heteroatoms. The average molecular weight is 624 g/mol. The van der Waals surface area contributed by atoms with Gasteiger partial charge in [0.05, 0.1) is 35.4 Å². The topological polar surface area (TPSA) is 99.7 Å². The summed E-state index contributed by atoms with van der Waals surface area (Å²) in [5.74, 6) is 1.99. The zero-order valence-electron chi connectivity index (χ0n) is 25.5. The van der Waals surface area contributed by atoms with E-state index in [9.17, 15) is 18.0 Å². The Morgan fingerprint density at radius 2 is 1.93 bits per heavy atom. The van der Waals surface area contributed by atoms with Crippen LogP contribution in [0.5, 0.6) is 5.88 Å². The number of aromatic nitrogens is 6. The van der Waals surface area contributed by atoms with Crippen LogP contribution in [0.2, 0.25) is 0 Å². The summed E-state index contributed by atoms with van der Waals surface area (Å²) in [5, 5.41) is 8.55. The van der Waals surface area contributed by atoms with Crippen molar-refractivity contribution in [1.82, 2.24) is 34.0 Å². The number of likely N-dealkylation sites (tertiary alicyclic amines) is 1. The first-order chi connectivity index (χ1) is 21.5. The van der Waals surface area contributed by atoms with E-state index in [1.54, 1.807) is 6.33 Å². The van der Waals surface area contributed by atoms with Crippen molar-refractivity contribution in [2.75, 3.05) is 26.3 Å². The third-order valence-corrected chi connectivity index (χ3v) is 9.37. The first-order valence-corrected chi connectivity index (χ1v) is 15.5. The summed E-state index contributed by atoms with van der Waals surface area (Å²) in [6, 6.07) is 4.81. The Morgan fingerprint density at radius 1 is 1.13 bits per heavy atom. The van der Waals surface area contributed by atoms with E-state index >= 15 is 0 Å². The number of rotatable bonds is 7. The molecular weight excluding hydrogens is 587 g/mol. The van der Waals surface area contributed by atoms with Crippen molar-refractivity contribution >= 4 is 5.65 Å². The molecule has 3 fully saturated rings. The quantitative estimate of drug-likeness (QED) is 0.294. The smallest absolute Gasteiger partial charge is 0.419 e. The highest BCUT2D eigenvalue weighted by Gasteiger charge is 2.48. The van der Waals surface area contributed by atoms with E-state index in [4.69, 9.17) is 9.47 Å². The van der Waals surface area contributed by atoms with Gasteiger partial charge in [0.2, 0.25) is 5.88 Å². The summed E-state index contributed by atoms with van der Waals surface area (Å²) >= 11 is 0. The number of aryl methyl sites for hydroxylation is 1. The molecule has 238 valence electrons. The van der Waals surface area contributed by atoms with E-state index in [1.165, 1.54) is 12.4 Å². The van der Waals surface area contributed by atoms with Crippen LogP contribution in [0.3, 0.4) is 0 Å². The summed E-state index contributed by atoms with van der Waals surface area (Å²) in [6.45, 7) is 7.06. The van der Waals surface area contributed by atoms with Gasteiger partial charge in [0, 0.05) is 38.6 Å². The number of piperidine rings is 1. The van der Waals surface area contributed by atoms with Gasteiger partial charge in [0.15, 0.2) is 5.65 Å². The van der Waals surface area contributed by atoms with E-state index < -0.39 is 28.4 Å². The molecule has 45 heavy (non-hydrogen) atoms. The molecule has 0 unspecified atom stereocenters. The standard InChI is InChI=1S/C32H36F3N7O3/c1-19-5-4-6-41(13-19)14-21-7-25(32(33,34)35)28-36-12-24(29(43)42(28)15-21)26-8-22(9-27(38-26)45-23-16-44-17-23)31(10-20(2)11-31)30-39-37-18-40(30)3/h7-9,12,15,18-20,23H,4-6,10-11,13-14,16-17H2,1-3H3/t19-,20?,31?/m0/s1. The second kappa shape index (κ2) is 11.2. The Hall–Kier alpha value is -3.84. The molecule has 1 saturated carbocycles. The molecule has 3 aliphatic rings. The van der Waals surface area contributed by atoms with Crippen LogP contribution in [-0.2, 0) is 29.9 Å². The van der Waals surface area contributed by atoms with E-state index in [2.05, 4.69) is 38.9 Å². The zero-order valence-corrected chi connectivity index (χ0v) is 25.5. The normalized spacial score (nSPS) is 24.4. The van der Waals surface area contributed by atoms with Crippen LogP contribution < -0.4 is 10.3 Å². The fourth-order valence-corrected chi connectivity index (χ4v) is 7.23. The van der Waals surface area contributed by atoms with Crippen LogP contribution in [0.1, 0.15) is 62.0 Å². The maximum atomic E-state index is 14.3. The molecule has 0 N–H and O–H groups in total. The highest BCUT2D eigenvalue weighted by molar-refractivity contribution is 5.63. The van der Waals surface area contributed by atoms with Crippen molar-refractivity contribution in [2.45, 2.75) is 63.8 Å². The largest absolute Gasteiger partial charge is 0.469 e. The Bertz CT molecular complexity index is 1790. The highest BCUT2D eigenvalue weighted by atomic mass is 19.4. The van der Waals surface area contributed by atoms with Gasteiger partial charge in [-0.1, -0.05) is 13.8 Å². The Kier molecular flexibility index (Phi) is 7.43. The number of ether oxygens (including phenoxy) is 2. The van der Waals surface area contributed by atoms with Crippen molar-refractivity contribution in [2.24, 2.45) is 18.9 Å². The molecule has 7 rings (SSSR count). The maximum Gasteiger partial charge on any atom is 0.419 e. The number of nitrogens with zero attached hydrogens (tertiary/aromatic N) is 7. The Morgan fingerprint density at radius 3 is 2.58 bits per heavy atom. The summed E-state index contributed by atoms with van der Waals surface area (Å²) in [7, 11) is 1.89. The third kappa shape index (κ3) is 5.50. The lowest BCUT2D eigenvalue weighted by Crippen LogP contribution is -2.43. The third-order valence-electron chi connectivity index (χ3n) is 9.37. The van der Waals surface area contributed by atoms with Crippen LogP contribution >= 0.6 is 0 Å². The van der Waals surface area contributed by atoms with Gasteiger partial charge in [-0.05, 0) is 67.3 Å². The molecule has 0 spiro atoms. The van der Waals surface area contributed by atoms with E-state index in [-0.39, 0.29) is 17.4 Å². The number of hydrogen-bond donors (Lipinski definition) is 0. The molecule has 0 amide bonds. The van der Waals surface area contributed by atoms with Crippen molar-refractivity contribution in [3.63, 3.8) is 0 Å². The minimum Gasteiger partial charge on any atom is -0.469 e. The second-order valence-corrected chi connectivity index (χ2v) is 13.1. The number of pyridine rings is 2. The number of fused-ring (bicyclic) bond motifs is 1. The van der Waals surface area contributed by atoms with Crippen LogP contribution in [0, 0.1) is 11.8 Å². The summed E-state index contributed by atoms with van der Waals surface area (Å²) in [6.07, 6.45) is 3.16. The lowest BCUT2D eigenvalue weighted by molar-refractivity contribution is -0.136. The molecule has 4 aromatic rings. The van der Waals surface area contributed by atoms with Crippen LogP contribution in [0.4, 0.5) is 13.2 Å². The molecule has 0 aromatic carbocycles. The van der Waals surface area contributed by atoms with Crippen LogP contribution in [0.15, 0.2) is 41.7 Å². The molecule has 4 aromatic heterocycles. The van der Waals surface area contributed by atoms with Gasteiger partial charge in [-0.25, -0.2) is 9.97 Å². The maximum absolute atomic E-state index is 14.3. The summed E-state index contributed by atoms with van der Waals surface area (Å²) < 4.78 is 57.3. The fraction of sp³-hybridized carbons (Fsp3) is 0.531. The summed E-state index contributed by atoms with van der Waals surface area (Å²) in [5.41, 5.74) is -0.865. The Balaban J connectivity index is 1.36. The number of hydrogen-bond acceptors (Lipinski definition) is 8. The van der Waals surface area contributed by atoms with Crippen molar-refractivity contribution in [1.29, 1.82) is 0 Å². The van der Waals surface area contributed by atoms with Gasteiger partial charge in [0.25, 0.3) is 5.56 Å². The zero-order chi connectivity index (χ0) is 31.5. The van der Waals surface area contributed by atoms with Crippen molar-refractivity contribution in [3.05, 3.63) is 69.8 Å². The Labute approximate surface area is 258 Å². The van der Waals surface area contributed by atoms with E-state index in [0.29, 0.717) is 43.0 Å². The molecule has 0 bridgehead atoms. The van der Waals surface area contributed by atoms with Gasteiger partial charge in [-0.2, -0.15) is 13.2 Å². The van der Waals surface area contributed by atoms with Crippen LogP contribution in [-0.4, -0.2) is 66.4 Å². The van der Waals surface area contributed by atoms with E-state index in [1.807, 2.05) is 23.7 Å². The van der Waals surface area contributed by atoms with Gasteiger partial charge < -0.3 is 14.0 Å². The molecule has 0 radical (unpaired) electrons. The SMILES string of the molecule is CC1CC(c2cc(OC3COC3)nc(-c3cnc4c(C(F)(F)F)cc(CN5CCC[C@H](C)C5)cn4c3=O)c2)(c2nncn2C)C1. The minimum absolute atomic E-state index is 0.0846.